The van der Waals surface area contributed by atoms with E-state index in [0.717, 1.165) is 17.5 Å². The highest BCUT2D eigenvalue weighted by Crippen LogP contribution is 2.28. The van der Waals surface area contributed by atoms with Gasteiger partial charge in [0.2, 0.25) is 0 Å². The summed E-state index contributed by atoms with van der Waals surface area (Å²) in [6, 6.07) is 14.3. The molecular weight excluding hydrogens is 284 g/mol. The molecule has 0 radical (unpaired) electrons. The molecular formula is C20H24N2O. The average molecular weight is 308 g/mol. The van der Waals surface area contributed by atoms with Crippen LogP contribution >= 0.6 is 0 Å². The molecule has 2 aromatic rings. The van der Waals surface area contributed by atoms with E-state index in [1.807, 2.05) is 24.3 Å². The number of nitrogens with zero attached hydrogens (tertiary/aromatic N) is 2. The molecule has 0 bridgehead atoms. The smallest absolute Gasteiger partial charge is 0.179 e. The molecule has 0 spiro atoms. The van der Waals surface area contributed by atoms with E-state index in [-0.39, 0.29) is 11.8 Å². The van der Waals surface area contributed by atoms with Crippen molar-refractivity contribution < 1.29 is 4.79 Å². The molecule has 2 aromatic carbocycles. The van der Waals surface area contributed by atoms with Crippen LogP contribution < -0.4 is 0 Å². The quantitative estimate of drug-likeness (QED) is 0.810. The minimum Gasteiger partial charge on any atom is -0.292 e. The van der Waals surface area contributed by atoms with Crippen molar-refractivity contribution in [2.45, 2.75) is 38.4 Å². The summed E-state index contributed by atoms with van der Waals surface area (Å²) >= 11 is 0. The van der Waals surface area contributed by atoms with Crippen LogP contribution in [0, 0.1) is 0 Å². The highest BCUT2D eigenvalue weighted by molar-refractivity contribution is 6.02. The largest absolute Gasteiger partial charge is 0.292 e. The van der Waals surface area contributed by atoms with E-state index in [1.165, 1.54) is 37.7 Å². The first-order chi connectivity index (χ1) is 11.2. The van der Waals surface area contributed by atoms with E-state index in [1.54, 1.807) is 0 Å². The molecule has 0 N–H and O–H groups in total. The Morgan fingerprint density at radius 2 is 1.83 bits per heavy atom. The zero-order valence-electron chi connectivity index (χ0n) is 13.7. The van der Waals surface area contributed by atoms with Gasteiger partial charge in [0, 0.05) is 18.7 Å². The minimum absolute atomic E-state index is 0.0398. The van der Waals surface area contributed by atoms with E-state index < -0.39 is 0 Å². The van der Waals surface area contributed by atoms with E-state index >= 15 is 0 Å². The maximum absolute atomic E-state index is 13.0. The summed E-state index contributed by atoms with van der Waals surface area (Å²) in [5.41, 5.74) is 0.839. The summed E-state index contributed by atoms with van der Waals surface area (Å²) in [7, 11) is 0. The molecule has 2 unspecified atom stereocenters. The molecule has 2 heterocycles. The molecule has 3 heteroatoms. The molecule has 2 aliphatic heterocycles. The zero-order chi connectivity index (χ0) is 15.8. The topological polar surface area (TPSA) is 23.6 Å². The zero-order valence-corrected chi connectivity index (χ0v) is 13.7. The Bertz CT molecular complexity index is 726. The van der Waals surface area contributed by atoms with Crippen LogP contribution in [0.1, 0.15) is 36.5 Å². The lowest BCUT2D eigenvalue weighted by Crippen LogP contribution is -2.55. The number of hydrogen-bond acceptors (Lipinski definition) is 3. The van der Waals surface area contributed by atoms with Crippen molar-refractivity contribution in [3.63, 3.8) is 0 Å². The van der Waals surface area contributed by atoms with Gasteiger partial charge in [0.05, 0.1) is 12.2 Å². The van der Waals surface area contributed by atoms with E-state index in [9.17, 15) is 4.79 Å². The number of ketones is 1. The van der Waals surface area contributed by atoms with Gasteiger partial charge >= 0.3 is 0 Å². The molecule has 23 heavy (non-hydrogen) atoms. The van der Waals surface area contributed by atoms with Gasteiger partial charge in [0.1, 0.15) is 0 Å². The van der Waals surface area contributed by atoms with Gasteiger partial charge in [0.15, 0.2) is 5.78 Å². The molecule has 2 aliphatic rings. The van der Waals surface area contributed by atoms with E-state index in [0.29, 0.717) is 6.17 Å². The minimum atomic E-state index is -0.0398. The summed E-state index contributed by atoms with van der Waals surface area (Å²) in [4.78, 5) is 18.0. The number of Topliss-reactive ketones (excluding diaryl/α,β-unsaturated/α-hetero) is 1. The molecule has 2 fully saturated rings. The Morgan fingerprint density at radius 1 is 1.04 bits per heavy atom. The first kappa shape index (κ1) is 14.9. The number of benzene rings is 2. The van der Waals surface area contributed by atoms with Crippen molar-refractivity contribution in [1.82, 2.24) is 9.80 Å². The second-order valence-electron chi connectivity index (χ2n) is 6.85. The number of carbonyl (C=O) groups is 1. The summed E-state index contributed by atoms with van der Waals surface area (Å²) < 4.78 is 0. The average Bonchev–Trinajstić information content (AvgIpc) is 3.08. The third kappa shape index (κ3) is 2.68. The van der Waals surface area contributed by atoms with Gasteiger partial charge in [-0.05, 0) is 49.6 Å². The lowest BCUT2D eigenvalue weighted by atomic mass is 9.99. The maximum atomic E-state index is 13.0. The number of hydrogen-bond donors (Lipinski definition) is 0. The van der Waals surface area contributed by atoms with Crippen LogP contribution in [0.25, 0.3) is 10.8 Å². The van der Waals surface area contributed by atoms with Gasteiger partial charge in [-0.2, -0.15) is 0 Å². The van der Waals surface area contributed by atoms with Crippen molar-refractivity contribution in [2.24, 2.45) is 0 Å². The molecule has 0 aromatic heterocycles. The molecule has 0 aliphatic carbocycles. The van der Waals surface area contributed by atoms with Gasteiger partial charge in [-0.3, -0.25) is 14.6 Å². The van der Waals surface area contributed by atoms with Gasteiger partial charge in [-0.25, -0.2) is 0 Å². The first-order valence-corrected chi connectivity index (χ1v) is 8.77. The van der Waals surface area contributed by atoms with Crippen molar-refractivity contribution in [1.29, 1.82) is 0 Å². The maximum Gasteiger partial charge on any atom is 0.179 e. The Morgan fingerprint density at radius 3 is 2.70 bits per heavy atom. The summed E-state index contributed by atoms with van der Waals surface area (Å²) in [5, 5.41) is 2.34. The third-order valence-electron chi connectivity index (χ3n) is 5.48. The van der Waals surface area contributed by atoms with Gasteiger partial charge in [-0.1, -0.05) is 36.4 Å². The van der Waals surface area contributed by atoms with Crippen molar-refractivity contribution >= 4 is 16.6 Å². The standard InChI is InChI=1S/C20H24N2O/c1-15(22-13-5-12-21-11-4-8-19(21)22)20(23)18-10-9-16-6-2-3-7-17(16)14-18/h2-3,6-7,9-10,14-15,19H,4-5,8,11-13H2,1H3. The van der Waals surface area contributed by atoms with E-state index in [4.69, 9.17) is 0 Å². The predicted octanol–water partition coefficient (Wildman–Crippen LogP) is 3.54. The van der Waals surface area contributed by atoms with Crippen LogP contribution in [0.4, 0.5) is 0 Å². The van der Waals surface area contributed by atoms with Crippen LogP contribution in [0.15, 0.2) is 42.5 Å². The first-order valence-electron chi connectivity index (χ1n) is 8.77. The second kappa shape index (κ2) is 6.06. The molecule has 0 amide bonds. The molecule has 4 rings (SSSR count). The third-order valence-corrected chi connectivity index (χ3v) is 5.48. The Hall–Kier alpha value is -1.71. The highest BCUT2D eigenvalue weighted by atomic mass is 16.1. The monoisotopic (exact) mass is 308 g/mol. The Labute approximate surface area is 137 Å². The normalized spacial score (nSPS) is 23.8. The van der Waals surface area contributed by atoms with Crippen molar-refractivity contribution in [3.05, 3.63) is 48.0 Å². The van der Waals surface area contributed by atoms with Crippen LogP contribution in [0.3, 0.4) is 0 Å². The fourth-order valence-electron chi connectivity index (χ4n) is 4.24. The van der Waals surface area contributed by atoms with Crippen molar-refractivity contribution in [3.8, 4) is 0 Å². The molecule has 0 saturated carbocycles. The molecule has 2 atom stereocenters. The molecule has 120 valence electrons. The summed E-state index contributed by atoms with van der Waals surface area (Å²) in [5.74, 6) is 0.254. The molecule has 3 nitrogen and oxygen atoms in total. The predicted molar refractivity (Wildman–Crippen MR) is 93.7 cm³/mol. The van der Waals surface area contributed by atoms with Crippen LogP contribution in [-0.2, 0) is 0 Å². The van der Waals surface area contributed by atoms with E-state index in [2.05, 4.69) is 34.9 Å². The summed E-state index contributed by atoms with van der Waals surface area (Å²) in [6.45, 7) is 5.51. The number of rotatable bonds is 3. The Kier molecular flexibility index (Phi) is 3.92. The number of carbonyl (C=O) groups excluding carboxylic acids is 1. The fourth-order valence-corrected chi connectivity index (χ4v) is 4.24. The highest BCUT2D eigenvalue weighted by Gasteiger charge is 2.37. The van der Waals surface area contributed by atoms with Crippen LogP contribution in [0.5, 0.6) is 0 Å². The fraction of sp³-hybridized carbons (Fsp3) is 0.450. The van der Waals surface area contributed by atoms with Gasteiger partial charge < -0.3 is 0 Å². The van der Waals surface area contributed by atoms with Crippen LogP contribution in [-0.4, -0.2) is 47.4 Å². The van der Waals surface area contributed by atoms with Gasteiger partial charge in [-0.15, -0.1) is 0 Å². The van der Waals surface area contributed by atoms with Crippen LogP contribution in [0.2, 0.25) is 0 Å². The van der Waals surface area contributed by atoms with Crippen molar-refractivity contribution in [2.75, 3.05) is 19.6 Å². The lowest BCUT2D eigenvalue weighted by molar-refractivity contribution is 0.0101. The number of fused-ring (bicyclic) bond motifs is 2. The summed E-state index contributed by atoms with van der Waals surface area (Å²) in [6.07, 6.45) is 4.11. The van der Waals surface area contributed by atoms with Gasteiger partial charge in [0.25, 0.3) is 0 Å². The lowest BCUT2D eigenvalue weighted by Gasteiger charge is -2.42. The second-order valence-corrected chi connectivity index (χ2v) is 6.85. The SMILES string of the molecule is CC(C(=O)c1ccc2ccccc2c1)N1CCCN2CCCC21. The molecule has 2 saturated heterocycles. The Balaban J connectivity index is 1.59.